The SMILES string of the molecule is CC1(C)NC(=O)N(CCn2c(=O)c(C#N)cn(C3CC3)c2=O)C1=O. The monoisotopic (exact) mass is 331 g/mol. The fourth-order valence-electron chi connectivity index (χ4n) is 2.73. The van der Waals surface area contributed by atoms with Crippen molar-refractivity contribution in [1.82, 2.24) is 19.4 Å². The summed E-state index contributed by atoms with van der Waals surface area (Å²) >= 11 is 0. The van der Waals surface area contributed by atoms with Crippen molar-refractivity contribution in [1.29, 1.82) is 5.26 Å². The lowest BCUT2D eigenvalue weighted by Gasteiger charge is -2.17. The summed E-state index contributed by atoms with van der Waals surface area (Å²) in [6.45, 7) is 2.91. The van der Waals surface area contributed by atoms with Crippen LogP contribution in [0.25, 0.3) is 0 Å². The number of imide groups is 1. The van der Waals surface area contributed by atoms with Gasteiger partial charge in [0.05, 0.1) is 0 Å². The largest absolute Gasteiger partial charge is 0.331 e. The Morgan fingerprint density at radius 1 is 1.25 bits per heavy atom. The number of nitriles is 1. The summed E-state index contributed by atoms with van der Waals surface area (Å²) in [5.74, 6) is -0.417. The molecule has 0 spiro atoms. The van der Waals surface area contributed by atoms with Crippen molar-refractivity contribution in [2.45, 2.75) is 44.8 Å². The normalized spacial score (nSPS) is 19.3. The molecule has 0 radical (unpaired) electrons. The molecule has 1 saturated carbocycles. The fraction of sp³-hybridized carbons (Fsp3) is 0.533. The molecule has 1 aliphatic heterocycles. The van der Waals surface area contributed by atoms with Gasteiger partial charge in [-0.15, -0.1) is 0 Å². The van der Waals surface area contributed by atoms with Gasteiger partial charge < -0.3 is 5.32 Å². The number of hydrogen-bond donors (Lipinski definition) is 1. The second-order valence-corrected chi connectivity index (χ2v) is 6.54. The van der Waals surface area contributed by atoms with Crippen LogP contribution in [0.2, 0.25) is 0 Å². The van der Waals surface area contributed by atoms with Crippen LogP contribution in [0, 0.1) is 11.3 Å². The molecule has 1 aliphatic carbocycles. The summed E-state index contributed by atoms with van der Waals surface area (Å²) in [6, 6.07) is 1.24. The van der Waals surface area contributed by atoms with Gasteiger partial charge in [-0.1, -0.05) is 0 Å². The third-order valence-electron chi connectivity index (χ3n) is 4.25. The highest BCUT2D eigenvalue weighted by atomic mass is 16.2. The number of nitrogens with zero attached hydrogens (tertiary/aromatic N) is 4. The van der Waals surface area contributed by atoms with Gasteiger partial charge in [-0.05, 0) is 26.7 Å². The average molecular weight is 331 g/mol. The van der Waals surface area contributed by atoms with Crippen LogP contribution in [0.5, 0.6) is 0 Å². The van der Waals surface area contributed by atoms with E-state index in [0.29, 0.717) is 0 Å². The predicted octanol–water partition coefficient (Wildman–Crippen LogP) is -0.453. The highest BCUT2D eigenvalue weighted by molar-refractivity contribution is 6.06. The Morgan fingerprint density at radius 3 is 2.42 bits per heavy atom. The fourth-order valence-corrected chi connectivity index (χ4v) is 2.73. The van der Waals surface area contributed by atoms with E-state index in [1.165, 1.54) is 10.8 Å². The Morgan fingerprint density at radius 2 is 1.92 bits per heavy atom. The van der Waals surface area contributed by atoms with Crippen molar-refractivity contribution in [3.63, 3.8) is 0 Å². The molecule has 0 atom stereocenters. The molecule has 0 bridgehead atoms. The van der Waals surface area contributed by atoms with Gasteiger partial charge in [-0.25, -0.2) is 9.59 Å². The smallest absolute Gasteiger partial charge is 0.324 e. The van der Waals surface area contributed by atoms with Crippen LogP contribution in [0.15, 0.2) is 15.8 Å². The van der Waals surface area contributed by atoms with Gasteiger partial charge >= 0.3 is 11.7 Å². The van der Waals surface area contributed by atoms with Crippen molar-refractivity contribution in [3.05, 3.63) is 32.6 Å². The van der Waals surface area contributed by atoms with E-state index in [1.54, 1.807) is 19.9 Å². The van der Waals surface area contributed by atoms with E-state index in [2.05, 4.69) is 5.32 Å². The molecule has 1 saturated heterocycles. The van der Waals surface area contributed by atoms with Gasteiger partial charge in [0, 0.05) is 25.3 Å². The number of nitrogens with one attached hydrogen (secondary N) is 1. The second-order valence-electron chi connectivity index (χ2n) is 6.54. The number of hydrogen-bond acceptors (Lipinski definition) is 5. The average Bonchev–Trinajstić information content (AvgIpc) is 3.31. The summed E-state index contributed by atoms with van der Waals surface area (Å²) < 4.78 is 2.30. The van der Waals surface area contributed by atoms with E-state index in [9.17, 15) is 19.2 Å². The zero-order chi connectivity index (χ0) is 17.6. The first-order valence-electron chi connectivity index (χ1n) is 7.66. The molecule has 1 aromatic rings. The first kappa shape index (κ1) is 16.0. The maximum atomic E-state index is 12.4. The number of carbonyl (C=O) groups is 2. The van der Waals surface area contributed by atoms with Gasteiger partial charge in [-0.2, -0.15) is 5.26 Å². The van der Waals surface area contributed by atoms with Crippen LogP contribution in [0.4, 0.5) is 4.79 Å². The van der Waals surface area contributed by atoms with Gasteiger partial charge in [0.2, 0.25) is 0 Å². The lowest BCUT2D eigenvalue weighted by molar-refractivity contribution is -0.130. The van der Waals surface area contributed by atoms with Crippen LogP contribution in [0.1, 0.15) is 38.3 Å². The highest BCUT2D eigenvalue weighted by Crippen LogP contribution is 2.33. The van der Waals surface area contributed by atoms with Gasteiger partial charge in [0.15, 0.2) is 0 Å². The van der Waals surface area contributed by atoms with Crippen molar-refractivity contribution in [3.8, 4) is 6.07 Å². The molecule has 2 heterocycles. The minimum absolute atomic E-state index is 0.00657. The third kappa shape index (κ3) is 2.50. The Bertz CT molecular complexity index is 885. The Hall–Kier alpha value is -2.89. The number of amides is 3. The van der Waals surface area contributed by atoms with Crippen molar-refractivity contribution in [2.24, 2.45) is 0 Å². The van der Waals surface area contributed by atoms with Crippen LogP contribution >= 0.6 is 0 Å². The van der Waals surface area contributed by atoms with Crippen molar-refractivity contribution < 1.29 is 9.59 Å². The molecular weight excluding hydrogens is 314 g/mol. The third-order valence-corrected chi connectivity index (χ3v) is 4.25. The van der Waals surface area contributed by atoms with E-state index in [1.807, 2.05) is 0 Å². The lowest BCUT2D eigenvalue weighted by Crippen LogP contribution is -2.45. The number of aromatic nitrogens is 2. The Labute approximate surface area is 137 Å². The van der Waals surface area contributed by atoms with Gasteiger partial charge in [-0.3, -0.25) is 23.6 Å². The van der Waals surface area contributed by atoms with Crippen molar-refractivity contribution in [2.75, 3.05) is 6.54 Å². The maximum Gasteiger partial charge on any atom is 0.331 e. The summed E-state index contributed by atoms with van der Waals surface area (Å²) in [7, 11) is 0. The van der Waals surface area contributed by atoms with E-state index in [-0.39, 0.29) is 24.7 Å². The molecule has 2 aliphatic rings. The summed E-state index contributed by atoms with van der Waals surface area (Å²) in [6.07, 6.45) is 2.93. The molecule has 0 unspecified atom stereocenters. The van der Waals surface area contributed by atoms with Crippen molar-refractivity contribution >= 4 is 11.9 Å². The van der Waals surface area contributed by atoms with Crippen LogP contribution in [0.3, 0.4) is 0 Å². The summed E-state index contributed by atoms with van der Waals surface area (Å²) in [4.78, 5) is 49.7. The molecule has 9 nitrogen and oxygen atoms in total. The van der Waals surface area contributed by atoms with Crippen LogP contribution in [-0.4, -0.2) is 38.1 Å². The molecular formula is C15H17N5O4. The first-order chi connectivity index (χ1) is 11.3. The molecule has 1 aromatic heterocycles. The number of carbonyl (C=O) groups excluding carboxylic acids is 2. The van der Waals surface area contributed by atoms with E-state index in [4.69, 9.17) is 5.26 Å². The zero-order valence-corrected chi connectivity index (χ0v) is 13.4. The predicted molar refractivity (Wildman–Crippen MR) is 82.3 cm³/mol. The Kier molecular flexibility index (Phi) is 3.55. The standard InChI is InChI=1S/C15H17N5O4/c1-15(2)12(22)19(13(23)17-15)6-5-18-11(21)9(7-16)8-20(14(18)24)10-3-4-10/h8,10H,3-6H2,1-2H3,(H,17,23). The summed E-state index contributed by atoms with van der Waals surface area (Å²) in [5, 5.41) is 11.6. The number of rotatable bonds is 4. The molecule has 2 fully saturated rings. The lowest BCUT2D eigenvalue weighted by atomic mass is 10.1. The minimum Gasteiger partial charge on any atom is -0.324 e. The second kappa shape index (κ2) is 5.33. The zero-order valence-electron chi connectivity index (χ0n) is 13.4. The van der Waals surface area contributed by atoms with Gasteiger partial charge in [0.1, 0.15) is 17.2 Å². The van der Waals surface area contributed by atoms with E-state index < -0.39 is 28.7 Å². The molecule has 9 heteroatoms. The molecule has 24 heavy (non-hydrogen) atoms. The molecule has 0 aromatic carbocycles. The topological polar surface area (TPSA) is 117 Å². The van der Waals surface area contributed by atoms with Crippen LogP contribution < -0.4 is 16.6 Å². The van der Waals surface area contributed by atoms with Crippen LogP contribution in [-0.2, 0) is 11.3 Å². The van der Waals surface area contributed by atoms with E-state index in [0.717, 1.165) is 22.3 Å². The summed E-state index contributed by atoms with van der Waals surface area (Å²) in [5.41, 5.74) is -2.36. The molecule has 3 amide bonds. The Balaban J connectivity index is 1.91. The van der Waals surface area contributed by atoms with Gasteiger partial charge in [0.25, 0.3) is 11.5 Å². The maximum absolute atomic E-state index is 12.4. The van der Waals surface area contributed by atoms with E-state index >= 15 is 0 Å². The molecule has 1 N–H and O–H groups in total. The first-order valence-corrected chi connectivity index (χ1v) is 7.66. The molecule has 3 rings (SSSR count). The highest BCUT2D eigenvalue weighted by Gasteiger charge is 2.44. The number of urea groups is 1. The minimum atomic E-state index is -1.01. The quantitative estimate of drug-likeness (QED) is 0.750. The molecule has 126 valence electrons.